The molecule has 21 heavy (non-hydrogen) atoms. The van der Waals surface area contributed by atoms with Gasteiger partial charge in [0.25, 0.3) is 0 Å². The molecule has 0 amide bonds. The van der Waals surface area contributed by atoms with Crippen LogP contribution in [0, 0.1) is 0 Å². The Morgan fingerprint density at radius 3 is 2.43 bits per heavy atom. The van der Waals surface area contributed by atoms with E-state index in [0.717, 1.165) is 17.0 Å². The third-order valence-corrected chi connectivity index (χ3v) is 3.45. The van der Waals surface area contributed by atoms with E-state index in [1.807, 2.05) is 30.3 Å². The average Bonchev–Trinajstić information content (AvgIpc) is 3.05. The summed E-state index contributed by atoms with van der Waals surface area (Å²) >= 11 is 0. The predicted octanol–water partition coefficient (Wildman–Crippen LogP) is 3.69. The Morgan fingerprint density at radius 1 is 0.762 bits per heavy atom. The van der Waals surface area contributed by atoms with Crippen LogP contribution >= 0.6 is 0 Å². The van der Waals surface area contributed by atoms with Crippen molar-refractivity contribution < 1.29 is 0 Å². The Bertz CT molecular complexity index is 897. The summed E-state index contributed by atoms with van der Waals surface area (Å²) in [5.74, 6) is 1.45. The van der Waals surface area contributed by atoms with E-state index < -0.39 is 0 Å². The van der Waals surface area contributed by atoms with E-state index in [-0.39, 0.29) is 0 Å². The molecule has 2 aromatic carbocycles. The van der Waals surface area contributed by atoms with Crippen molar-refractivity contribution in [2.24, 2.45) is 0 Å². The van der Waals surface area contributed by atoms with Crippen LogP contribution in [0.3, 0.4) is 0 Å². The molecule has 100 valence electrons. The van der Waals surface area contributed by atoms with Crippen molar-refractivity contribution in [3.05, 3.63) is 67.0 Å². The Balaban J connectivity index is 1.77. The number of benzene rings is 2. The quantitative estimate of drug-likeness (QED) is 0.605. The molecule has 0 saturated heterocycles. The van der Waals surface area contributed by atoms with Crippen molar-refractivity contribution in [3.8, 4) is 22.8 Å². The number of H-pyrrole nitrogens is 1. The van der Waals surface area contributed by atoms with Gasteiger partial charge >= 0.3 is 0 Å². The summed E-state index contributed by atoms with van der Waals surface area (Å²) in [7, 11) is 0. The molecule has 0 unspecified atom stereocenters. The van der Waals surface area contributed by atoms with Crippen molar-refractivity contribution in [2.45, 2.75) is 0 Å². The van der Waals surface area contributed by atoms with Crippen LogP contribution in [0.5, 0.6) is 0 Å². The van der Waals surface area contributed by atoms with E-state index in [2.05, 4.69) is 44.4 Å². The predicted molar refractivity (Wildman–Crippen MR) is 82.6 cm³/mol. The maximum Gasteiger partial charge on any atom is 0.181 e. The summed E-state index contributed by atoms with van der Waals surface area (Å²) in [6.45, 7) is 0. The summed E-state index contributed by atoms with van der Waals surface area (Å²) < 4.78 is 0. The lowest BCUT2D eigenvalue weighted by Crippen LogP contribution is -1.82. The van der Waals surface area contributed by atoms with Gasteiger partial charge in [-0.25, -0.2) is 4.98 Å². The van der Waals surface area contributed by atoms with Gasteiger partial charge in [-0.05, 0) is 29.0 Å². The molecule has 0 radical (unpaired) electrons. The topological polar surface area (TPSA) is 54.5 Å². The van der Waals surface area contributed by atoms with Crippen LogP contribution in [0.2, 0.25) is 0 Å². The fourth-order valence-electron chi connectivity index (χ4n) is 2.36. The van der Waals surface area contributed by atoms with Gasteiger partial charge in [-0.1, -0.05) is 36.4 Å². The molecule has 0 aliphatic heterocycles. The van der Waals surface area contributed by atoms with Crippen LogP contribution in [-0.4, -0.2) is 20.2 Å². The first kappa shape index (κ1) is 11.8. The molecule has 4 aromatic rings. The van der Waals surface area contributed by atoms with Crippen LogP contribution in [0.1, 0.15) is 0 Å². The second kappa shape index (κ2) is 4.83. The number of hydrogen-bond donors (Lipinski definition) is 1. The van der Waals surface area contributed by atoms with Crippen LogP contribution in [0.25, 0.3) is 33.5 Å². The van der Waals surface area contributed by atoms with Gasteiger partial charge in [0, 0.05) is 23.5 Å². The van der Waals surface area contributed by atoms with Crippen LogP contribution in [0.4, 0.5) is 0 Å². The van der Waals surface area contributed by atoms with Crippen molar-refractivity contribution in [3.63, 3.8) is 0 Å². The van der Waals surface area contributed by atoms with Crippen molar-refractivity contribution in [2.75, 3.05) is 0 Å². The SMILES string of the molecule is c1ccc2cc(-c3n[nH]c(-c4ccncc4)n3)ccc2c1. The minimum absolute atomic E-state index is 0.701. The van der Waals surface area contributed by atoms with E-state index in [9.17, 15) is 0 Å². The minimum atomic E-state index is 0.701. The molecule has 4 nitrogen and oxygen atoms in total. The van der Waals surface area contributed by atoms with Gasteiger partial charge in [-0.15, -0.1) is 0 Å². The number of hydrogen-bond acceptors (Lipinski definition) is 3. The normalized spacial score (nSPS) is 10.9. The lowest BCUT2D eigenvalue weighted by Gasteiger charge is -1.99. The third kappa shape index (κ3) is 2.17. The van der Waals surface area contributed by atoms with Gasteiger partial charge < -0.3 is 0 Å². The van der Waals surface area contributed by atoms with E-state index in [4.69, 9.17) is 0 Å². The molecular weight excluding hydrogens is 260 g/mol. The first-order valence-corrected chi connectivity index (χ1v) is 6.72. The molecule has 0 atom stereocenters. The lowest BCUT2D eigenvalue weighted by atomic mass is 10.1. The molecule has 4 heteroatoms. The van der Waals surface area contributed by atoms with Crippen molar-refractivity contribution in [1.82, 2.24) is 20.2 Å². The van der Waals surface area contributed by atoms with Gasteiger partial charge in [-0.3, -0.25) is 10.1 Å². The molecule has 0 fully saturated rings. The third-order valence-electron chi connectivity index (χ3n) is 3.45. The Kier molecular flexibility index (Phi) is 2.71. The standard InChI is InChI=1S/C17H12N4/c1-2-4-14-11-15(6-5-12(14)3-1)17-19-16(20-21-17)13-7-9-18-10-8-13/h1-11H,(H,19,20,21). The molecule has 2 aromatic heterocycles. The number of aromatic nitrogens is 4. The zero-order valence-corrected chi connectivity index (χ0v) is 11.2. The number of nitrogens with one attached hydrogen (secondary N) is 1. The van der Waals surface area contributed by atoms with Crippen molar-refractivity contribution >= 4 is 10.8 Å². The summed E-state index contributed by atoms with van der Waals surface area (Å²) in [5.41, 5.74) is 1.98. The Labute approximate surface area is 121 Å². The fourth-order valence-corrected chi connectivity index (χ4v) is 2.36. The maximum absolute atomic E-state index is 4.56. The molecule has 4 rings (SSSR count). The van der Waals surface area contributed by atoms with Gasteiger partial charge in [-0.2, -0.15) is 5.10 Å². The van der Waals surface area contributed by atoms with Gasteiger partial charge in [0.05, 0.1) is 0 Å². The minimum Gasteiger partial charge on any atom is -0.265 e. The fraction of sp³-hybridized carbons (Fsp3) is 0. The zero-order chi connectivity index (χ0) is 14.1. The molecule has 2 heterocycles. The number of pyridine rings is 1. The molecule has 1 N–H and O–H groups in total. The largest absolute Gasteiger partial charge is 0.265 e. The molecule has 0 saturated carbocycles. The molecular formula is C17H12N4. The molecule has 0 spiro atoms. The average molecular weight is 272 g/mol. The summed E-state index contributed by atoms with van der Waals surface area (Å²) in [6.07, 6.45) is 3.49. The van der Waals surface area contributed by atoms with E-state index in [1.54, 1.807) is 12.4 Å². The van der Waals surface area contributed by atoms with E-state index >= 15 is 0 Å². The smallest absolute Gasteiger partial charge is 0.181 e. The highest BCUT2D eigenvalue weighted by atomic mass is 15.2. The van der Waals surface area contributed by atoms with Gasteiger partial charge in [0.15, 0.2) is 11.6 Å². The Hall–Kier alpha value is -3.01. The zero-order valence-electron chi connectivity index (χ0n) is 11.2. The summed E-state index contributed by atoms with van der Waals surface area (Å²) in [4.78, 5) is 8.57. The number of fused-ring (bicyclic) bond motifs is 1. The highest BCUT2D eigenvalue weighted by Gasteiger charge is 2.08. The van der Waals surface area contributed by atoms with Gasteiger partial charge in [0.2, 0.25) is 0 Å². The molecule has 0 aliphatic carbocycles. The number of aromatic amines is 1. The van der Waals surface area contributed by atoms with Crippen LogP contribution in [0.15, 0.2) is 67.0 Å². The van der Waals surface area contributed by atoms with Crippen molar-refractivity contribution in [1.29, 1.82) is 0 Å². The number of rotatable bonds is 2. The molecule has 0 bridgehead atoms. The maximum atomic E-state index is 4.56. The first-order valence-electron chi connectivity index (χ1n) is 6.72. The van der Waals surface area contributed by atoms with Gasteiger partial charge in [0.1, 0.15) is 0 Å². The van der Waals surface area contributed by atoms with Crippen LogP contribution in [-0.2, 0) is 0 Å². The van der Waals surface area contributed by atoms with E-state index in [0.29, 0.717) is 5.82 Å². The molecule has 0 aliphatic rings. The summed E-state index contributed by atoms with van der Waals surface area (Å²) in [5, 5.41) is 9.69. The highest BCUT2D eigenvalue weighted by molar-refractivity contribution is 5.86. The first-order chi connectivity index (χ1) is 10.4. The number of nitrogens with zero attached hydrogens (tertiary/aromatic N) is 3. The lowest BCUT2D eigenvalue weighted by molar-refractivity contribution is 1.10. The summed E-state index contributed by atoms with van der Waals surface area (Å²) in [6, 6.07) is 18.3. The highest BCUT2D eigenvalue weighted by Crippen LogP contribution is 2.23. The van der Waals surface area contributed by atoms with E-state index in [1.165, 1.54) is 10.8 Å². The monoisotopic (exact) mass is 272 g/mol. The van der Waals surface area contributed by atoms with Crippen LogP contribution < -0.4 is 0 Å². The Morgan fingerprint density at radius 2 is 1.57 bits per heavy atom. The second-order valence-corrected chi connectivity index (χ2v) is 4.81. The second-order valence-electron chi connectivity index (χ2n) is 4.81.